The van der Waals surface area contributed by atoms with Crippen LogP contribution < -0.4 is 5.32 Å². The second-order valence-corrected chi connectivity index (χ2v) is 6.39. The maximum atomic E-state index is 13.0. The summed E-state index contributed by atoms with van der Waals surface area (Å²) >= 11 is 0. The molecule has 22 heavy (non-hydrogen) atoms. The number of nitrogens with zero attached hydrogens (tertiary/aromatic N) is 2. The molecule has 0 aliphatic rings. The summed E-state index contributed by atoms with van der Waals surface area (Å²) in [4.78, 5) is 15.5. The standard InChI is InChI=1S/C16H26FN3O2/c1-16(2,22)11-20(5)15(21)18-10-14(19(3)4)12-6-8-13(17)9-7-12/h6-9,14,22H,10-11H2,1-5H3,(H,18,21). The summed E-state index contributed by atoms with van der Waals surface area (Å²) in [6.07, 6.45) is 0. The quantitative estimate of drug-likeness (QED) is 0.843. The molecule has 1 aromatic rings. The van der Waals surface area contributed by atoms with Crippen molar-refractivity contribution in [1.29, 1.82) is 0 Å². The summed E-state index contributed by atoms with van der Waals surface area (Å²) in [6.45, 7) is 3.94. The number of carbonyl (C=O) groups excluding carboxylic acids is 1. The molecule has 2 N–H and O–H groups in total. The Morgan fingerprint density at radius 3 is 2.27 bits per heavy atom. The van der Waals surface area contributed by atoms with Crippen LogP contribution in [0.1, 0.15) is 25.5 Å². The van der Waals surface area contributed by atoms with Gasteiger partial charge >= 0.3 is 6.03 Å². The van der Waals surface area contributed by atoms with Crippen LogP contribution in [-0.2, 0) is 0 Å². The second kappa shape index (κ2) is 7.56. The van der Waals surface area contributed by atoms with Crippen LogP contribution in [-0.4, -0.2) is 60.8 Å². The third-order valence-electron chi connectivity index (χ3n) is 3.30. The Morgan fingerprint density at radius 1 is 1.27 bits per heavy atom. The summed E-state index contributed by atoms with van der Waals surface area (Å²) in [6, 6.07) is 5.94. The molecule has 1 unspecified atom stereocenters. The van der Waals surface area contributed by atoms with Gasteiger partial charge in [-0.3, -0.25) is 0 Å². The normalized spacial score (nSPS) is 13.1. The Hall–Kier alpha value is -1.66. The SMILES string of the molecule is CN(CC(C)(C)O)C(=O)NCC(c1ccc(F)cc1)N(C)C. The third kappa shape index (κ3) is 5.99. The van der Waals surface area contributed by atoms with Crippen LogP contribution in [0.2, 0.25) is 0 Å². The van der Waals surface area contributed by atoms with Gasteiger partial charge in [0.25, 0.3) is 0 Å². The van der Waals surface area contributed by atoms with E-state index < -0.39 is 5.60 Å². The van der Waals surface area contributed by atoms with Crippen molar-refractivity contribution >= 4 is 6.03 Å². The topological polar surface area (TPSA) is 55.8 Å². The molecule has 0 heterocycles. The molecule has 1 rings (SSSR count). The second-order valence-electron chi connectivity index (χ2n) is 6.39. The molecule has 0 aromatic heterocycles. The number of carbonyl (C=O) groups is 1. The Kier molecular flexibility index (Phi) is 6.32. The van der Waals surface area contributed by atoms with E-state index in [2.05, 4.69) is 5.32 Å². The molecule has 0 aliphatic heterocycles. The summed E-state index contributed by atoms with van der Waals surface area (Å²) in [5.41, 5.74) is -0.0128. The summed E-state index contributed by atoms with van der Waals surface area (Å²) in [5, 5.41) is 12.6. The summed E-state index contributed by atoms with van der Waals surface area (Å²) in [7, 11) is 5.44. The smallest absolute Gasteiger partial charge is 0.317 e. The number of likely N-dealkylation sites (N-methyl/N-ethyl adjacent to an activating group) is 2. The molecule has 0 aliphatic carbocycles. The van der Waals surface area contributed by atoms with Crippen molar-refractivity contribution in [2.75, 3.05) is 34.2 Å². The van der Waals surface area contributed by atoms with Crippen LogP contribution in [0.5, 0.6) is 0 Å². The van der Waals surface area contributed by atoms with E-state index in [4.69, 9.17) is 0 Å². The summed E-state index contributed by atoms with van der Waals surface area (Å²) in [5.74, 6) is -0.282. The highest BCUT2D eigenvalue weighted by atomic mass is 19.1. The lowest BCUT2D eigenvalue weighted by atomic mass is 10.1. The van der Waals surface area contributed by atoms with Gasteiger partial charge in [-0.2, -0.15) is 0 Å². The molecule has 1 atom stereocenters. The Balaban J connectivity index is 2.65. The summed E-state index contributed by atoms with van der Waals surface area (Å²) < 4.78 is 13.0. The molecule has 0 saturated carbocycles. The fourth-order valence-electron chi connectivity index (χ4n) is 2.25. The Bertz CT molecular complexity index is 483. The maximum Gasteiger partial charge on any atom is 0.317 e. The molecule has 0 bridgehead atoms. The van der Waals surface area contributed by atoms with Gasteiger partial charge in [0.05, 0.1) is 18.2 Å². The number of hydrogen-bond donors (Lipinski definition) is 2. The zero-order valence-corrected chi connectivity index (χ0v) is 13.9. The Morgan fingerprint density at radius 2 is 1.82 bits per heavy atom. The van der Waals surface area contributed by atoms with E-state index >= 15 is 0 Å². The van der Waals surface area contributed by atoms with Crippen LogP contribution in [0.3, 0.4) is 0 Å². The molecule has 6 heteroatoms. The number of rotatable bonds is 6. The van der Waals surface area contributed by atoms with Gasteiger partial charge in [-0.25, -0.2) is 9.18 Å². The van der Waals surface area contributed by atoms with E-state index in [1.807, 2.05) is 19.0 Å². The van der Waals surface area contributed by atoms with E-state index in [0.717, 1.165) is 5.56 Å². The first kappa shape index (κ1) is 18.4. The maximum absolute atomic E-state index is 13.0. The predicted molar refractivity (Wildman–Crippen MR) is 85.2 cm³/mol. The lowest BCUT2D eigenvalue weighted by Crippen LogP contribution is -2.46. The molecule has 0 fully saturated rings. The van der Waals surface area contributed by atoms with Gasteiger partial charge in [-0.05, 0) is 45.6 Å². The predicted octanol–water partition coefficient (Wildman–Crippen LogP) is 1.84. The minimum Gasteiger partial charge on any atom is -0.389 e. The van der Waals surface area contributed by atoms with E-state index in [-0.39, 0.29) is 24.4 Å². The van der Waals surface area contributed by atoms with Gasteiger partial charge in [0.2, 0.25) is 0 Å². The average Bonchev–Trinajstić information content (AvgIpc) is 2.38. The van der Waals surface area contributed by atoms with Crippen molar-refractivity contribution < 1.29 is 14.3 Å². The monoisotopic (exact) mass is 311 g/mol. The number of nitrogens with one attached hydrogen (secondary N) is 1. The molecule has 0 saturated heterocycles. The average molecular weight is 311 g/mol. The van der Waals surface area contributed by atoms with Crippen LogP contribution >= 0.6 is 0 Å². The van der Waals surface area contributed by atoms with Crippen LogP contribution in [0.4, 0.5) is 9.18 Å². The highest BCUT2D eigenvalue weighted by Gasteiger charge is 2.21. The van der Waals surface area contributed by atoms with Gasteiger partial charge in [0.1, 0.15) is 5.82 Å². The van der Waals surface area contributed by atoms with Crippen molar-refractivity contribution in [3.05, 3.63) is 35.6 Å². The van der Waals surface area contributed by atoms with Crippen molar-refractivity contribution in [1.82, 2.24) is 15.1 Å². The van der Waals surface area contributed by atoms with Gasteiger partial charge in [0.15, 0.2) is 0 Å². The number of urea groups is 1. The number of benzene rings is 1. The molecule has 124 valence electrons. The van der Waals surface area contributed by atoms with Crippen molar-refractivity contribution in [2.24, 2.45) is 0 Å². The lowest BCUT2D eigenvalue weighted by molar-refractivity contribution is 0.0529. The molecule has 2 amide bonds. The zero-order valence-electron chi connectivity index (χ0n) is 13.9. The molecule has 1 aromatic carbocycles. The first-order chi connectivity index (χ1) is 10.1. The number of hydrogen-bond acceptors (Lipinski definition) is 3. The third-order valence-corrected chi connectivity index (χ3v) is 3.30. The first-order valence-electron chi connectivity index (χ1n) is 7.23. The minimum atomic E-state index is -0.940. The zero-order chi connectivity index (χ0) is 16.9. The lowest BCUT2D eigenvalue weighted by Gasteiger charge is -2.28. The fourth-order valence-corrected chi connectivity index (χ4v) is 2.25. The van der Waals surface area contributed by atoms with E-state index in [0.29, 0.717) is 6.54 Å². The van der Waals surface area contributed by atoms with Gasteiger partial charge in [-0.1, -0.05) is 12.1 Å². The van der Waals surface area contributed by atoms with Crippen LogP contribution in [0.15, 0.2) is 24.3 Å². The molecular formula is C16H26FN3O2. The molecule has 5 nitrogen and oxygen atoms in total. The Labute approximate surface area is 131 Å². The van der Waals surface area contributed by atoms with Gasteiger partial charge in [-0.15, -0.1) is 0 Å². The van der Waals surface area contributed by atoms with Crippen molar-refractivity contribution in [3.8, 4) is 0 Å². The van der Waals surface area contributed by atoms with E-state index in [1.165, 1.54) is 17.0 Å². The largest absolute Gasteiger partial charge is 0.389 e. The number of aliphatic hydroxyl groups is 1. The van der Waals surface area contributed by atoms with Crippen molar-refractivity contribution in [3.63, 3.8) is 0 Å². The van der Waals surface area contributed by atoms with Crippen LogP contribution in [0.25, 0.3) is 0 Å². The highest BCUT2D eigenvalue weighted by molar-refractivity contribution is 5.74. The van der Waals surface area contributed by atoms with Crippen molar-refractivity contribution in [2.45, 2.75) is 25.5 Å². The van der Waals surface area contributed by atoms with E-state index in [1.54, 1.807) is 33.0 Å². The molecular weight excluding hydrogens is 285 g/mol. The molecule has 0 radical (unpaired) electrons. The van der Waals surface area contributed by atoms with E-state index in [9.17, 15) is 14.3 Å². The number of halogens is 1. The fraction of sp³-hybridized carbons (Fsp3) is 0.562. The highest BCUT2D eigenvalue weighted by Crippen LogP contribution is 2.17. The van der Waals surface area contributed by atoms with Gasteiger partial charge in [0, 0.05) is 13.6 Å². The number of amides is 2. The molecule has 0 spiro atoms. The first-order valence-corrected chi connectivity index (χ1v) is 7.23. The van der Waals surface area contributed by atoms with Gasteiger partial charge < -0.3 is 20.2 Å². The van der Waals surface area contributed by atoms with Crippen LogP contribution in [0, 0.1) is 5.82 Å². The minimum absolute atomic E-state index is 0.0555.